The van der Waals surface area contributed by atoms with Crippen LogP contribution in [0.2, 0.25) is 0 Å². The van der Waals surface area contributed by atoms with Gasteiger partial charge in [0, 0.05) is 11.8 Å². The lowest BCUT2D eigenvalue weighted by molar-refractivity contribution is -0.606. The maximum atomic E-state index is 4.34. The maximum Gasteiger partial charge on any atom is 0.155 e. The van der Waals surface area contributed by atoms with Crippen LogP contribution in [0, 0.1) is 13.8 Å². The van der Waals surface area contributed by atoms with E-state index in [0.717, 1.165) is 17.1 Å². The Hall–Kier alpha value is -2.44. The molecular formula is C10H10N7-. The fraction of sp³-hybridized carbons (Fsp3) is 0.200. The smallest absolute Gasteiger partial charge is 0.155 e. The molecule has 3 heterocycles. The van der Waals surface area contributed by atoms with E-state index in [0.29, 0.717) is 5.82 Å². The number of hydrogen-bond acceptors (Lipinski definition) is 4. The fourth-order valence-electron chi connectivity index (χ4n) is 1.48. The summed E-state index contributed by atoms with van der Waals surface area (Å²) in [7, 11) is 0. The molecule has 7 heteroatoms. The highest BCUT2D eigenvalue weighted by Crippen LogP contribution is 2.31. The van der Waals surface area contributed by atoms with Crippen LogP contribution in [-0.4, -0.2) is 15.0 Å². The van der Waals surface area contributed by atoms with E-state index in [9.17, 15) is 0 Å². The highest BCUT2D eigenvalue weighted by Gasteiger charge is 2.13. The van der Waals surface area contributed by atoms with Crippen molar-refractivity contribution in [3.05, 3.63) is 47.1 Å². The summed E-state index contributed by atoms with van der Waals surface area (Å²) in [6.45, 7) is 3.81. The van der Waals surface area contributed by atoms with E-state index < -0.39 is 0 Å². The predicted octanol–water partition coefficient (Wildman–Crippen LogP) is 1.27. The molecule has 0 saturated carbocycles. The Kier molecular flexibility index (Phi) is 2.04. The van der Waals surface area contributed by atoms with Crippen molar-refractivity contribution in [1.29, 1.82) is 0 Å². The van der Waals surface area contributed by atoms with Crippen molar-refractivity contribution in [1.82, 2.24) is 15.0 Å². The van der Waals surface area contributed by atoms with Crippen molar-refractivity contribution in [2.75, 3.05) is 5.12 Å². The molecule has 0 N–H and O–H groups in total. The number of rotatable bonds is 1. The zero-order valence-electron chi connectivity index (χ0n) is 9.44. The average molecular weight is 228 g/mol. The van der Waals surface area contributed by atoms with Crippen LogP contribution in [0.5, 0.6) is 0 Å². The van der Waals surface area contributed by atoms with Crippen LogP contribution in [0.3, 0.4) is 0 Å². The lowest BCUT2D eigenvalue weighted by Crippen LogP contribution is -2.29. The van der Waals surface area contributed by atoms with Crippen molar-refractivity contribution in [3.8, 4) is 0 Å². The van der Waals surface area contributed by atoms with Crippen LogP contribution in [0.4, 0.5) is 11.6 Å². The average Bonchev–Trinajstić information content (AvgIpc) is 2.75. The third kappa shape index (κ3) is 1.61. The van der Waals surface area contributed by atoms with Crippen molar-refractivity contribution in [2.45, 2.75) is 13.8 Å². The monoisotopic (exact) mass is 228 g/mol. The molecule has 0 radical (unpaired) electrons. The van der Waals surface area contributed by atoms with E-state index >= 15 is 0 Å². The van der Waals surface area contributed by atoms with E-state index in [4.69, 9.17) is 0 Å². The molecule has 0 fully saturated rings. The third-order valence-corrected chi connectivity index (χ3v) is 2.36. The topological polar surface area (TPSA) is 74.0 Å². The zero-order chi connectivity index (χ0) is 11.8. The van der Waals surface area contributed by atoms with Crippen LogP contribution < -0.4 is 9.79 Å². The normalized spacial score (nSPS) is 12.9. The molecular weight excluding hydrogens is 218 g/mol. The molecule has 0 amide bonds. The van der Waals surface area contributed by atoms with Gasteiger partial charge in [-0.05, 0) is 13.8 Å². The Bertz CT molecular complexity index is 551. The van der Waals surface area contributed by atoms with Crippen LogP contribution in [-0.2, 0) is 0 Å². The van der Waals surface area contributed by atoms with Gasteiger partial charge in [0.2, 0.25) is 0 Å². The molecule has 0 unspecified atom stereocenters. The van der Waals surface area contributed by atoms with Crippen LogP contribution >= 0.6 is 0 Å². The Morgan fingerprint density at radius 2 is 2.06 bits per heavy atom. The fourth-order valence-corrected chi connectivity index (χ4v) is 1.48. The zero-order valence-corrected chi connectivity index (χ0v) is 9.44. The minimum atomic E-state index is 0.582. The summed E-state index contributed by atoms with van der Waals surface area (Å²) in [6, 6.07) is 0. The number of nitrogens with zero attached hydrogens (tertiary/aromatic N) is 7. The van der Waals surface area contributed by atoms with Crippen molar-refractivity contribution >= 4 is 11.6 Å². The quantitative estimate of drug-likeness (QED) is 0.689. The second-order valence-electron chi connectivity index (χ2n) is 3.74. The van der Waals surface area contributed by atoms with E-state index in [1.165, 1.54) is 5.12 Å². The molecule has 2 aromatic rings. The number of hydrogen-bond donors (Lipinski definition) is 0. The molecule has 0 aliphatic carbocycles. The first-order valence-corrected chi connectivity index (χ1v) is 5.13. The molecule has 1 aliphatic rings. The molecule has 0 saturated heterocycles. The lowest BCUT2D eigenvalue weighted by atomic mass is 10.3. The molecule has 0 bridgehead atoms. The summed E-state index contributed by atoms with van der Waals surface area (Å²) in [6.07, 6.45) is 6.67. The molecule has 1 aliphatic heterocycles. The summed E-state index contributed by atoms with van der Waals surface area (Å²) in [5.74, 6) is 1.33. The Morgan fingerprint density at radius 1 is 1.18 bits per heavy atom. The first-order chi connectivity index (χ1) is 8.24. The Balaban J connectivity index is 1.91. The van der Waals surface area contributed by atoms with Crippen LogP contribution in [0.15, 0.2) is 24.9 Å². The molecule has 0 spiro atoms. The second kappa shape index (κ2) is 3.55. The molecule has 0 atom stereocenters. The summed E-state index contributed by atoms with van der Waals surface area (Å²) >= 11 is 0. The Labute approximate surface area is 98.1 Å². The number of aromatic nitrogens is 4. The van der Waals surface area contributed by atoms with E-state index in [2.05, 4.69) is 25.9 Å². The van der Waals surface area contributed by atoms with Crippen molar-refractivity contribution < 1.29 is 4.68 Å². The van der Waals surface area contributed by atoms with Gasteiger partial charge in [0.15, 0.2) is 5.82 Å². The Morgan fingerprint density at radius 3 is 2.76 bits per heavy atom. The van der Waals surface area contributed by atoms with Gasteiger partial charge >= 0.3 is 0 Å². The molecule has 86 valence electrons. The number of fused-ring (bicyclic) bond motifs is 1. The van der Waals surface area contributed by atoms with Crippen molar-refractivity contribution in [3.63, 3.8) is 0 Å². The molecule has 2 aromatic heterocycles. The van der Waals surface area contributed by atoms with E-state index in [-0.39, 0.29) is 0 Å². The van der Waals surface area contributed by atoms with Crippen LogP contribution in [0.1, 0.15) is 11.3 Å². The van der Waals surface area contributed by atoms with Gasteiger partial charge in [0.25, 0.3) is 0 Å². The first kappa shape index (κ1) is 9.76. The van der Waals surface area contributed by atoms with Gasteiger partial charge in [-0.25, -0.2) is 9.97 Å². The van der Waals surface area contributed by atoms with E-state index in [1.807, 2.05) is 13.8 Å². The van der Waals surface area contributed by atoms with Gasteiger partial charge in [0.05, 0.1) is 24.4 Å². The SMILES string of the molecule is Cc1cnc(N2[N-]c3c(C)cnc[n+]3[N-]2)cn1. The first-order valence-electron chi connectivity index (χ1n) is 5.13. The van der Waals surface area contributed by atoms with Gasteiger partial charge in [0.1, 0.15) is 5.82 Å². The minimum Gasteiger partial charge on any atom is -0.501 e. The largest absolute Gasteiger partial charge is 0.501 e. The highest BCUT2D eigenvalue weighted by molar-refractivity contribution is 5.56. The number of aryl methyl sites for hydroxylation is 2. The molecule has 3 rings (SSSR count). The summed E-state index contributed by atoms with van der Waals surface area (Å²) in [5, 5.41) is 1.44. The van der Waals surface area contributed by atoms with Crippen LogP contribution in [0.25, 0.3) is 11.0 Å². The lowest BCUT2D eigenvalue weighted by Gasteiger charge is -2.27. The van der Waals surface area contributed by atoms with Gasteiger partial charge in [-0.3, -0.25) is 4.98 Å². The standard InChI is InChI=1S/C10H10N7/c1-7-3-11-6-16-10(7)14-17(15-16)9-5-12-8(2)4-13-9/h3-6H,1-2H3/q-1. The maximum absolute atomic E-state index is 4.34. The van der Waals surface area contributed by atoms with Gasteiger partial charge in [-0.15, -0.1) is 0 Å². The van der Waals surface area contributed by atoms with Crippen molar-refractivity contribution in [2.24, 2.45) is 0 Å². The van der Waals surface area contributed by atoms with E-state index in [1.54, 1.807) is 29.6 Å². The summed E-state index contributed by atoms with van der Waals surface area (Å²) in [4.78, 5) is 12.4. The van der Waals surface area contributed by atoms with Gasteiger partial charge in [-0.2, -0.15) is 5.43 Å². The van der Waals surface area contributed by atoms with Gasteiger partial charge in [-0.1, -0.05) is 0 Å². The summed E-state index contributed by atoms with van der Waals surface area (Å²) in [5.41, 5.74) is 10.4. The summed E-state index contributed by atoms with van der Waals surface area (Å²) < 4.78 is 1.61. The van der Waals surface area contributed by atoms with Gasteiger partial charge < -0.3 is 15.3 Å². The third-order valence-electron chi connectivity index (χ3n) is 2.36. The predicted molar refractivity (Wildman–Crippen MR) is 60.2 cm³/mol. The second-order valence-corrected chi connectivity index (χ2v) is 3.74. The molecule has 17 heavy (non-hydrogen) atoms. The highest BCUT2D eigenvalue weighted by atomic mass is 15.9. The molecule has 7 nitrogen and oxygen atoms in total. The number of anilines is 1. The minimum absolute atomic E-state index is 0.582. The molecule has 0 aromatic carbocycles.